The van der Waals surface area contributed by atoms with Crippen LogP contribution in [0.2, 0.25) is 0 Å². The molecule has 4 rings (SSSR count). The van der Waals surface area contributed by atoms with Gasteiger partial charge in [-0.2, -0.15) is 0 Å². The molecule has 0 spiro atoms. The maximum absolute atomic E-state index is 13.0. The fourth-order valence-corrected chi connectivity index (χ4v) is 3.82. The van der Waals surface area contributed by atoms with E-state index in [1.165, 1.54) is 23.5 Å². The number of hydrogen-bond acceptors (Lipinski definition) is 3. The number of halogens is 2. The number of fused-ring (bicyclic) bond motifs is 1. The molecule has 2 heterocycles. The molecule has 0 aliphatic heterocycles. The zero-order valence-corrected chi connectivity index (χ0v) is 14.9. The minimum absolute atomic E-state index is 0.242. The molecule has 0 amide bonds. The Bertz CT molecular complexity index is 1160. The van der Waals surface area contributed by atoms with Crippen LogP contribution in [0.15, 0.2) is 65.5 Å². The predicted molar refractivity (Wildman–Crippen MR) is 106 cm³/mol. The third-order valence-electron chi connectivity index (χ3n) is 3.85. The number of rotatable bonds is 3. The fraction of sp³-hybridized carbons (Fsp3) is 0. The largest absolute Gasteiger partial charge is 0.305 e. The molecule has 2 aromatic heterocycles. The Morgan fingerprint density at radius 3 is 2.58 bits per heavy atom. The number of benzene rings is 2. The Labute approximate surface area is 157 Å². The molecule has 0 atom stereocenters. The van der Waals surface area contributed by atoms with E-state index in [-0.39, 0.29) is 22.2 Å². The molecule has 0 fully saturated rings. The highest BCUT2D eigenvalue weighted by Gasteiger charge is 2.11. The lowest BCUT2D eigenvalue weighted by molar-refractivity contribution is 0.628. The van der Waals surface area contributed by atoms with Gasteiger partial charge in [-0.1, -0.05) is 54.1 Å². The van der Waals surface area contributed by atoms with Crippen molar-refractivity contribution in [3.63, 3.8) is 0 Å². The van der Waals surface area contributed by atoms with E-state index in [1.54, 1.807) is 18.2 Å². The van der Waals surface area contributed by atoms with Gasteiger partial charge in [0.05, 0.1) is 10.4 Å². The molecule has 0 saturated carbocycles. The van der Waals surface area contributed by atoms with Gasteiger partial charge < -0.3 is 4.98 Å². The number of nitrogens with one attached hydrogen (secondary N) is 1. The van der Waals surface area contributed by atoms with Crippen LogP contribution in [-0.2, 0) is 0 Å². The van der Waals surface area contributed by atoms with E-state index in [9.17, 15) is 9.18 Å². The molecule has 3 nitrogen and oxygen atoms in total. The van der Waals surface area contributed by atoms with Crippen molar-refractivity contribution in [2.24, 2.45) is 0 Å². The summed E-state index contributed by atoms with van der Waals surface area (Å²) in [5.41, 5.74) is 1.51. The van der Waals surface area contributed by atoms with Crippen LogP contribution in [0.3, 0.4) is 0 Å². The molecule has 128 valence electrons. The summed E-state index contributed by atoms with van der Waals surface area (Å²) in [7, 11) is 0. The topological polar surface area (TPSA) is 45.8 Å². The number of H-pyrrole nitrogens is 1. The summed E-state index contributed by atoms with van der Waals surface area (Å²) >= 11 is 7.75. The van der Waals surface area contributed by atoms with Gasteiger partial charge in [-0.05, 0) is 35.4 Å². The molecule has 1 N–H and O–H groups in total. The lowest BCUT2D eigenvalue weighted by Crippen LogP contribution is -2.09. The second-order valence-corrected chi connectivity index (χ2v) is 7.09. The maximum Gasteiger partial charge on any atom is 0.259 e. The molecule has 0 aliphatic carbocycles. The molecule has 0 unspecified atom stereocenters. The Morgan fingerprint density at radius 2 is 1.85 bits per heavy atom. The number of aromatic amines is 1. The summed E-state index contributed by atoms with van der Waals surface area (Å²) in [6.07, 6.45) is 1.64. The standard InChI is InChI=1S/C20H12ClFN2OS/c21-16(10-12-6-8-14(22)9-7-12)18-23-19(25)15-11-17(26-20(15)24-18)13-4-2-1-3-5-13/h1-11H,(H,23,24,25)/b16-10-. The number of hydrogen-bond donors (Lipinski definition) is 1. The highest BCUT2D eigenvalue weighted by atomic mass is 35.5. The van der Waals surface area contributed by atoms with Crippen molar-refractivity contribution in [2.75, 3.05) is 0 Å². The van der Waals surface area contributed by atoms with Gasteiger partial charge in [0.15, 0.2) is 5.82 Å². The molecule has 0 aliphatic rings. The van der Waals surface area contributed by atoms with Crippen LogP contribution in [0.25, 0.3) is 31.8 Å². The summed E-state index contributed by atoms with van der Waals surface area (Å²) in [6, 6.07) is 17.6. The van der Waals surface area contributed by atoms with Crippen LogP contribution in [0.5, 0.6) is 0 Å². The van der Waals surface area contributed by atoms with Gasteiger partial charge in [0.2, 0.25) is 0 Å². The minimum Gasteiger partial charge on any atom is -0.305 e. The first-order valence-corrected chi connectivity index (χ1v) is 9.02. The van der Waals surface area contributed by atoms with Crippen molar-refractivity contribution >= 4 is 44.3 Å². The van der Waals surface area contributed by atoms with E-state index in [4.69, 9.17) is 11.6 Å². The van der Waals surface area contributed by atoms with Crippen LogP contribution in [0, 0.1) is 5.82 Å². The molecular formula is C20H12ClFN2OS. The van der Waals surface area contributed by atoms with Crippen molar-refractivity contribution in [3.05, 3.63) is 88.2 Å². The monoisotopic (exact) mass is 382 g/mol. The van der Waals surface area contributed by atoms with Gasteiger partial charge in [-0.15, -0.1) is 11.3 Å². The van der Waals surface area contributed by atoms with E-state index < -0.39 is 0 Å². The van der Waals surface area contributed by atoms with Gasteiger partial charge in [-0.3, -0.25) is 4.79 Å². The van der Waals surface area contributed by atoms with Crippen LogP contribution in [0.4, 0.5) is 4.39 Å². The van der Waals surface area contributed by atoms with Crippen LogP contribution in [-0.4, -0.2) is 9.97 Å². The highest BCUT2D eigenvalue weighted by Crippen LogP contribution is 2.31. The Morgan fingerprint density at radius 1 is 1.12 bits per heavy atom. The van der Waals surface area contributed by atoms with Crippen molar-refractivity contribution in [3.8, 4) is 10.4 Å². The maximum atomic E-state index is 13.0. The van der Waals surface area contributed by atoms with Crippen molar-refractivity contribution in [2.45, 2.75) is 0 Å². The number of thiophene rings is 1. The van der Waals surface area contributed by atoms with Gasteiger partial charge in [-0.25, -0.2) is 9.37 Å². The average molecular weight is 383 g/mol. The van der Waals surface area contributed by atoms with Gasteiger partial charge in [0.25, 0.3) is 5.56 Å². The smallest absolute Gasteiger partial charge is 0.259 e. The van der Waals surface area contributed by atoms with Crippen molar-refractivity contribution < 1.29 is 4.39 Å². The Hall–Kier alpha value is -2.76. The van der Waals surface area contributed by atoms with Crippen LogP contribution >= 0.6 is 22.9 Å². The minimum atomic E-state index is -0.321. The van der Waals surface area contributed by atoms with Crippen molar-refractivity contribution in [1.29, 1.82) is 0 Å². The molecule has 0 bridgehead atoms. The summed E-state index contributed by atoms with van der Waals surface area (Å²) in [5, 5.41) is 0.814. The van der Waals surface area contributed by atoms with Gasteiger partial charge in [0, 0.05) is 4.88 Å². The number of aromatic nitrogens is 2. The van der Waals surface area contributed by atoms with Crippen molar-refractivity contribution in [1.82, 2.24) is 9.97 Å². The van der Waals surface area contributed by atoms with E-state index in [0.717, 1.165) is 16.0 Å². The molecule has 26 heavy (non-hydrogen) atoms. The molecule has 2 aromatic carbocycles. The first kappa shape index (κ1) is 16.7. The zero-order chi connectivity index (χ0) is 18.1. The van der Waals surface area contributed by atoms with E-state index in [0.29, 0.717) is 10.2 Å². The summed E-state index contributed by atoms with van der Waals surface area (Å²) < 4.78 is 13.0. The zero-order valence-electron chi connectivity index (χ0n) is 13.4. The second kappa shape index (κ2) is 6.86. The van der Waals surface area contributed by atoms with E-state index in [2.05, 4.69) is 9.97 Å². The van der Waals surface area contributed by atoms with Gasteiger partial charge in [0.1, 0.15) is 10.6 Å². The summed E-state index contributed by atoms with van der Waals surface area (Å²) in [4.78, 5) is 21.2. The summed E-state index contributed by atoms with van der Waals surface area (Å²) in [5.74, 6) is -0.0341. The van der Waals surface area contributed by atoms with Crippen LogP contribution < -0.4 is 5.56 Å². The second-order valence-electron chi connectivity index (χ2n) is 5.65. The number of nitrogens with zero attached hydrogens (tertiary/aromatic N) is 1. The SMILES string of the molecule is O=c1[nH]c(/C(Cl)=C/c2ccc(F)cc2)nc2sc(-c3ccccc3)cc12. The lowest BCUT2D eigenvalue weighted by Gasteiger charge is -2.00. The molecular weight excluding hydrogens is 371 g/mol. The average Bonchev–Trinajstić information content (AvgIpc) is 3.09. The summed E-state index contributed by atoms with van der Waals surface area (Å²) in [6.45, 7) is 0. The lowest BCUT2D eigenvalue weighted by atomic mass is 10.2. The van der Waals surface area contributed by atoms with Gasteiger partial charge >= 0.3 is 0 Å². The third-order valence-corrected chi connectivity index (χ3v) is 5.22. The Kier molecular flexibility index (Phi) is 4.41. The third kappa shape index (κ3) is 3.31. The molecule has 4 aromatic rings. The molecule has 0 saturated heterocycles. The van der Waals surface area contributed by atoms with E-state index in [1.807, 2.05) is 36.4 Å². The fourth-order valence-electron chi connectivity index (χ4n) is 2.56. The predicted octanol–water partition coefficient (Wildman–Crippen LogP) is 5.53. The molecule has 0 radical (unpaired) electrons. The van der Waals surface area contributed by atoms with E-state index >= 15 is 0 Å². The van der Waals surface area contributed by atoms with Crippen LogP contribution in [0.1, 0.15) is 11.4 Å². The highest BCUT2D eigenvalue weighted by molar-refractivity contribution is 7.21. The quantitative estimate of drug-likeness (QED) is 0.506. The first-order valence-electron chi connectivity index (χ1n) is 7.82. The first-order chi connectivity index (χ1) is 12.6. The molecule has 6 heteroatoms. The normalized spacial score (nSPS) is 11.8. The Balaban J connectivity index is 1.77.